The highest BCUT2D eigenvalue weighted by atomic mass is 16.7. The summed E-state index contributed by atoms with van der Waals surface area (Å²) < 4.78 is 16.7. The summed E-state index contributed by atoms with van der Waals surface area (Å²) in [6, 6.07) is 0. The third-order valence-corrected chi connectivity index (χ3v) is 3.80. The summed E-state index contributed by atoms with van der Waals surface area (Å²) in [6.45, 7) is 2.19. The Balaban J connectivity index is 1.66. The topological polar surface area (TPSA) is 56.8 Å². The fourth-order valence-corrected chi connectivity index (χ4v) is 2.87. The van der Waals surface area contributed by atoms with Crippen LogP contribution < -0.4 is 5.32 Å². The van der Waals surface area contributed by atoms with Gasteiger partial charge >= 0.3 is 0 Å². The maximum Gasteiger partial charge on any atom is 0.246 e. The number of carbonyl (C=O) groups is 1. The molecule has 90 valence electrons. The number of morpholine rings is 1. The van der Waals surface area contributed by atoms with Gasteiger partial charge in [0, 0.05) is 12.8 Å². The van der Waals surface area contributed by atoms with Crippen molar-refractivity contribution in [1.82, 2.24) is 5.32 Å². The summed E-state index contributed by atoms with van der Waals surface area (Å²) in [6.07, 6.45) is 3.44. The van der Waals surface area contributed by atoms with Crippen LogP contribution in [0.4, 0.5) is 0 Å². The van der Waals surface area contributed by atoms with E-state index in [0.29, 0.717) is 19.8 Å². The number of nitrogens with one attached hydrogen (secondary N) is 1. The lowest BCUT2D eigenvalue weighted by Gasteiger charge is -2.45. The van der Waals surface area contributed by atoms with Crippen molar-refractivity contribution in [1.29, 1.82) is 0 Å². The van der Waals surface area contributed by atoms with Crippen molar-refractivity contribution in [2.45, 2.75) is 37.0 Å². The molecule has 0 atom stereocenters. The predicted octanol–water partition coefficient (Wildman–Crippen LogP) is 0.189. The maximum atomic E-state index is 11.4. The van der Waals surface area contributed by atoms with E-state index in [1.165, 1.54) is 0 Å². The second-order valence-electron chi connectivity index (χ2n) is 4.93. The van der Waals surface area contributed by atoms with Crippen molar-refractivity contribution < 1.29 is 19.0 Å². The SMILES string of the molecule is O=C1COCC2(CCC3(CC2)OCCO3)N1. The minimum Gasteiger partial charge on any atom is -0.369 e. The summed E-state index contributed by atoms with van der Waals surface area (Å²) in [4.78, 5) is 11.4. The molecule has 1 amide bonds. The molecule has 0 aromatic heterocycles. The lowest BCUT2D eigenvalue weighted by Crippen LogP contribution is -2.60. The van der Waals surface area contributed by atoms with Crippen LogP contribution in [0.5, 0.6) is 0 Å². The van der Waals surface area contributed by atoms with Crippen LogP contribution >= 0.6 is 0 Å². The van der Waals surface area contributed by atoms with Crippen molar-refractivity contribution in [2.24, 2.45) is 0 Å². The maximum absolute atomic E-state index is 11.4. The Hall–Kier alpha value is -0.650. The van der Waals surface area contributed by atoms with Crippen LogP contribution in [0.3, 0.4) is 0 Å². The Labute approximate surface area is 94.4 Å². The van der Waals surface area contributed by atoms with Crippen molar-refractivity contribution >= 4 is 5.91 Å². The summed E-state index contributed by atoms with van der Waals surface area (Å²) in [7, 11) is 0. The predicted molar refractivity (Wildman–Crippen MR) is 54.8 cm³/mol. The van der Waals surface area contributed by atoms with Crippen LogP contribution in [-0.4, -0.2) is 43.7 Å². The molecule has 1 saturated carbocycles. The lowest BCUT2D eigenvalue weighted by atomic mass is 9.78. The molecule has 16 heavy (non-hydrogen) atoms. The molecule has 1 aliphatic carbocycles. The zero-order valence-corrected chi connectivity index (χ0v) is 9.29. The highest BCUT2D eigenvalue weighted by Gasteiger charge is 2.48. The molecule has 2 aliphatic heterocycles. The largest absolute Gasteiger partial charge is 0.369 e. The van der Waals surface area contributed by atoms with E-state index in [-0.39, 0.29) is 23.8 Å². The monoisotopic (exact) mass is 227 g/mol. The van der Waals surface area contributed by atoms with Crippen LogP contribution in [0.25, 0.3) is 0 Å². The molecule has 0 aromatic carbocycles. The summed E-state index contributed by atoms with van der Waals surface area (Å²) >= 11 is 0. The number of hydrogen-bond donors (Lipinski definition) is 1. The van der Waals surface area contributed by atoms with E-state index in [9.17, 15) is 4.79 Å². The van der Waals surface area contributed by atoms with Gasteiger partial charge in [-0.3, -0.25) is 4.79 Å². The zero-order chi connectivity index (χ0) is 11.1. The second kappa shape index (κ2) is 3.68. The van der Waals surface area contributed by atoms with Gasteiger partial charge in [0.2, 0.25) is 5.91 Å². The number of rotatable bonds is 0. The molecule has 3 fully saturated rings. The van der Waals surface area contributed by atoms with Gasteiger partial charge in [0.1, 0.15) is 6.61 Å². The number of amides is 1. The van der Waals surface area contributed by atoms with Crippen molar-refractivity contribution in [2.75, 3.05) is 26.4 Å². The van der Waals surface area contributed by atoms with Crippen LogP contribution in [-0.2, 0) is 19.0 Å². The van der Waals surface area contributed by atoms with Crippen molar-refractivity contribution in [3.63, 3.8) is 0 Å². The van der Waals surface area contributed by atoms with Crippen LogP contribution in [0, 0.1) is 0 Å². The van der Waals surface area contributed by atoms with Gasteiger partial charge < -0.3 is 19.5 Å². The van der Waals surface area contributed by atoms with Gasteiger partial charge in [-0.15, -0.1) is 0 Å². The summed E-state index contributed by atoms with van der Waals surface area (Å²) in [5.41, 5.74) is -0.171. The number of carbonyl (C=O) groups excluding carboxylic acids is 1. The summed E-state index contributed by atoms with van der Waals surface area (Å²) in [5, 5.41) is 3.06. The Bertz CT molecular complexity index is 288. The van der Waals surface area contributed by atoms with Gasteiger partial charge in [0.05, 0.1) is 25.4 Å². The molecule has 2 saturated heterocycles. The van der Waals surface area contributed by atoms with Gasteiger partial charge in [0.15, 0.2) is 5.79 Å². The molecule has 0 unspecified atom stereocenters. The molecular weight excluding hydrogens is 210 g/mol. The second-order valence-corrected chi connectivity index (χ2v) is 4.93. The Morgan fingerprint density at radius 2 is 1.75 bits per heavy atom. The Morgan fingerprint density at radius 3 is 2.38 bits per heavy atom. The Morgan fingerprint density at radius 1 is 1.06 bits per heavy atom. The molecule has 0 bridgehead atoms. The average molecular weight is 227 g/mol. The highest BCUT2D eigenvalue weighted by Crippen LogP contribution is 2.40. The van der Waals surface area contributed by atoms with Gasteiger partial charge in [-0.2, -0.15) is 0 Å². The summed E-state index contributed by atoms with van der Waals surface area (Å²) in [5.74, 6) is -0.372. The molecule has 3 rings (SSSR count). The van der Waals surface area contributed by atoms with Crippen LogP contribution in [0.2, 0.25) is 0 Å². The zero-order valence-electron chi connectivity index (χ0n) is 9.29. The van der Waals surface area contributed by atoms with Crippen LogP contribution in [0.15, 0.2) is 0 Å². The minimum atomic E-state index is -0.368. The van der Waals surface area contributed by atoms with E-state index in [1.54, 1.807) is 0 Å². The van der Waals surface area contributed by atoms with E-state index in [1.807, 2.05) is 0 Å². The fourth-order valence-electron chi connectivity index (χ4n) is 2.87. The normalized spacial score (nSPS) is 31.9. The molecular formula is C11H17NO4. The molecule has 0 aromatic rings. The molecule has 5 nitrogen and oxygen atoms in total. The Kier molecular flexibility index (Phi) is 2.42. The molecule has 3 aliphatic rings. The third-order valence-electron chi connectivity index (χ3n) is 3.80. The molecule has 2 spiro atoms. The molecule has 5 heteroatoms. The van der Waals surface area contributed by atoms with Gasteiger partial charge in [0.25, 0.3) is 0 Å². The van der Waals surface area contributed by atoms with E-state index in [0.717, 1.165) is 25.7 Å². The van der Waals surface area contributed by atoms with E-state index < -0.39 is 0 Å². The molecule has 1 N–H and O–H groups in total. The first-order chi connectivity index (χ1) is 7.72. The quantitative estimate of drug-likeness (QED) is 0.642. The van der Waals surface area contributed by atoms with Gasteiger partial charge in [-0.25, -0.2) is 0 Å². The van der Waals surface area contributed by atoms with Crippen LogP contribution in [0.1, 0.15) is 25.7 Å². The van der Waals surface area contributed by atoms with E-state index in [2.05, 4.69) is 5.32 Å². The molecule has 0 radical (unpaired) electrons. The van der Waals surface area contributed by atoms with Gasteiger partial charge in [-0.05, 0) is 12.8 Å². The van der Waals surface area contributed by atoms with E-state index in [4.69, 9.17) is 14.2 Å². The standard InChI is InChI=1S/C11H17NO4/c13-9-7-14-8-10(12-9)1-3-11(4-2-10)15-5-6-16-11/h1-8H2,(H,12,13). The first-order valence-electron chi connectivity index (χ1n) is 5.89. The highest BCUT2D eigenvalue weighted by molar-refractivity contribution is 5.78. The van der Waals surface area contributed by atoms with Crippen molar-refractivity contribution in [3.05, 3.63) is 0 Å². The molecule has 2 heterocycles. The van der Waals surface area contributed by atoms with Gasteiger partial charge in [-0.1, -0.05) is 0 Å². The van der Waals surface area contributed by atoms with E-state index >= 15 is 0 Å². The number of ether oxygens (including phenoxy) is 3. The first-order valence-corrected chi connectivity index (χ1v) is 5.89. The number of hydrogen-bond acceptors (Lipinski definition) is 4. The third kappa shape index (κ3) is 1.73. The first kappa shape index (κ1) is 10.5. The minimum absolute atomic E-state index is 0.00420. The lowest BCUT2D eigenvalue weighted by molar-refractivity contribution is -0.193. The fraction of sp³-hybridized carbons (Fsp3) is 0.909. The average Bonchev–Trinajstić information content (AvgIpc) is 2.73. The van der Waals surface area contributed by atoms with Crippen molar-refractivity contribution in [3.8, 4) is 0 Å². The smallest absolute Gasteiger partial charge is 0.246 e.